The number of halogens is 2. The van der Waals surface area contributed by atoms with Crippen LogP contribution in [-0.2, 0) is 0 Å². The van der Waals surface area contributed by atoms with E-state index in [-0.39, 0.29) is 0 Å². The van der Waals surface area contributed by atoms with Gasteiger partial charge in [0.2, 0.25) is 0 Å². The molecular weight excluding hydrogens is 229 g/mol. The van der Waals surface area contributed by atoms with Gasteiger partial charge in [0.1, 0.15) is 5.00 Å². The molecule has 1 nitrogen and oxygen atoms in total. The average molecular weight is 248 g/mol. The van der Waals surface area contributed by atoms with Crippen molar-refractivity contribution in [2.24, 2.45) is 5.92 Å². The van der Waals surface area contributed by atoms with Crippen LogP contribution < -0.4 is 5.32 Å². The van der Waals surface area contributed by atoms with Gasteiger partial charge in [0.05, 0.1) is 0 Å². The molecule has 0 spiro atoms. The molecule has 0 heterocycles. The Morgan fingerprint density at radius 1 is 1.60 bits per heavy atom. The lowest BCUT2D eigenvalue weighted by atomic mass is 10.0. The normalized spacial score (nSPS) is 27.6. The van der Waals surface area contributed by atoms with E-state index in [1.54, 1.807) is 0 Å². The third kappa shape index (κ3) is 4.58. The highest BCUT2D eigenvalue weighted by Gasteiger charge is 2.24. The Labute approximate surface area is 103 Å². The minimum Gasteiger partial charge on any atom is -0.295 e. The smallest absolute Gasteiger partial charge is 0.116 e. The first-order valence-corrected chi connectivity index (χ1v) is 6.30. The monoisotopic (exact) mass is 247 g/mol. The minimum absolute atomic E-state index is 0.430. The zero-order valence-corrected chi connectivity index (χ0v) is 10.9. The molecule has 86 valence electrons. The minimum atomic E-state index is -0.430. The third-order valence-corrected chi connectivity index (χ3v) is 3.32. The van der Waals surface area contributed by atoms with Crippen LogP contribution in [0.2, 0.25) is 0 Å². The van der Waals surface area contributed by atoms with Crippen LogP contribution in [0.4, 0.5) is 0 Å². The molecule has 0 aromatic rings. The zero-order chi connectivity index (χ0) is 11.3. The number of alkyl halides is 1. The third-order valence-electron chi connectivity index (χ3n) is 2.63. The van der Waals surface area contributed by atoms with Crippen molar-refractivity contribution < 1.29 is 0 Å². The van der Waals surface area contributed by atoms with Crippen molar-refractivity contribution in [3.05, 3.63) is 23.3 Å². The first kappa shape index (κ1) is 13.1. The Morgan fingerprint density at radius 3 is 2.87 bits per heavy atom. The van der Waals surface area contributed by atoms with Crippen LogP contribution in [0.25, 0.3) is 0 Å². The Balaban J connectivity index is 2.36. The summed E-state index contributed by atoms with van der Waals surface area (Å²) in [5, 5.41) is 4.15. The molecule has 0 aromatic carbocycles. The summed E-state index contributed by atoms with van der Waals surface area (Å²) in [7, 11) is 0. The van der Waals surface area contributed by atoms with Crippen LogP contribution in [-0.4, -0.2) is 11.5 Å². The molecule has 1 aliphatic rings. The molecule has 2 unspecified atom stereocenters. The molecule has 1 N–H and O–H groups in total. The lowest BCUT2D eigenvalue weighted by Gasteiger charge is -2.27. The fraction of sp³-hybridized carbons (Fsp3) is 0.667. The van der Waals surface area contributed by atoms with Crippen LogP contribution in [0.5, 0.6) is 0 Å². The quantitative estimate of drug-likeness (QED) is 0.572. The molecule has 1 rings (SSSR count). The second-order valence-corrected chi connectivity index (χ2v) is 5.37. The number of nitrogens with one attached hydrogen (secondary N) is 1. The van der Waals surface area contributed by atoms with Crippen LogP contribution in [0, 0.1) is 5.92 Å². The molecular formula is C12H19Cl2N. The van der Waals surface area contributed by atoms with Gasteiger partial charge in [0.25, 0.3) is 0 Å². The van der Waals surface area contributed by atoms with Gasteiger partial charge in [-0.2, -0.15) is 0 Å². The molecule has 15 heavy (non-hydrogen) atoms. The van der Waals surface area contributed by atoms with Crippen LogP contribution >= 0.6 is 23.2 Å². The van der Waals surface area contributed by atoms with E-state index >= 15 is 0 Å². The summed E-state index contributed by atoms with van der Waals surface area (Å²) >= 11 is 12.2. The number of hydrogen-bond donors (Lipinski definition) is 1. The van der Waals surface area contributed by atoms with Gasteiger partial charge < -0.3 is 0 Å². The molecule has 0 aliphatic heterocycles. The summed E-state index contributed by atoms with van der Waals surface area (Å²) in [6.07, 6.45) is 8.96. The van der Waals surface area contributed by atoms with Crippen LogP contribution in [0.15, 0.2) is 23.3 Å². The lowest BCUT2D eigenvalue weighted by molar-refractivity contribution is 0.431. The first-order chi connectivity index (χ1) is 7.06. The maximum absolute atomic E-state index is 6.38. The molecule has 0 fully saturated rings. The SMILES string of the molecule is CCCC(C)CNC1(Cl)C=CC(Cl)=CC1. The number of allylic oxidation sites excluding steroid dienone is 2. The van der Waals surface area contributed by atoms with Gasteiger partial charge in [-0.05, 0) is 31.0 Å². The molecule has 0 saturated heterocycles. The van der Waals surface area contributed by atoms with E-state index in [1.165, 1.54) is 12.8 Å². The molecule has 0 saturated carbocycles. The first-order valence-electron chi connectivity index (χ1n) is 5.54. The maximum Gasteiger partial charge on any atom is 0.116 e. The second-order valence-electron chi connectivity index (χ2n) is 4.26. The van der Waals surface area contributed by atoms with Crippen molar-refractivity contribution in [1.82, 2.24) is 5.32 Å². The van der Waals surface area contributed by atoms with Crippen molar-refractivity contribution >= 4 is 23.2 Å². The summed E-state index contributed by atoms with van der Waals surface area (Å²) in [4.78, 5) is -0.430. The molecule has 3 heteroatoms. The number of rotatable bonds is 5. The Kier molecular flexibility index (Phi) is 5.17. The van der Waals surface area contributed by atoms with E-state index in [0.717, 1.165) is 18.0 Å². The molecule has 0 radical (unpaired) electrons. The van der Waals surface area contributed by atoms with E-state index < -0.39 is 5.00 Å². The highest BCUT2D eigenvalue weighted by atomic mass is 35.5. The summed E-state index contributed by atoms with van der Waals surface area (Å²) in [5.41, 5.74) is 0. The topological polar surface area (TPSA) is 12.0 Å². The van der Waals surface area contributed by atoms with E-state index in [2.05, 4.69) is 19.2 Å². The summed E-state index contributed by atoms with van der Waals surface area (Å²) in [6.45, 7) is 5.40. The van der Waals surface area contributed by atoms with Gasteiger partial charge in [-0.25, -0.2) is 0 Å². The Hall–Kier alpha value is 0.0200. The van der Waals surface area contributed by atoms with Crippen molar-refractivity contribution in [2.45, 2.75) is 38.1 Å². The summed E-state index contributed by atoms with van der Waals surface area (Å²) in [6, 6.07) is 0. The van der Waals surface area contributed by atoms with Crippen molar-refractivity contribution in [3.63, 3.8) is 0 Å². The highest BCUT2D eigenvalue weighted by molar-refractivity contribution is 6.32. The van der Waals surface area contributed by atoms with Crippen molar-refractivity contribution in [1.29, 1.82) is 0 Å². The maximum atomic E-state index is 6.38. The van der Waals surface area contributed by atoms with Gasteiger partial charge in [-0.3, -0.25) is 5.32 Å². The van der Waals surface area contributed by atoms with E-state index in [1.807, 2.05) is 18.2 Å². The highest BCUT2D eigenvalue weighted by Crippen LogP contribution is 2.26. The molecule has 1 aliphatic carbocycles. The van der Waals surface area contributed by atoms with Gasteiger partial charge in [-0.15, -0.1) is 0 Å². The average Bonchev–Trinajstić information content (AvgIpc) is 2.21. The standard InChI is InChI=1S/C12H19Cl2N/c1-3-4-10(2)9-15-12(14)7-5-11(13)6-8-12/h5-7,10,15H,3-4,8-9H2,1-2H3. The molecule has 0 bridgehead atoms. The van der Waals surface area contributed by atoms with Crippen molar-refractivity contribution in [2.75, 3.05) is 6.54 Å². The Morgan fingerprint density at radius 2 is 2.33 bits per heavy atom. The predicted octanol–water partition coefficient (Wildman–Crippen LogP) is 4.03. The molecule has 0 amide bonds. The van der Waals surface area contributed by atoms with Crippen LogP contribution in [0.3, 0.4) is 0 Å². The summed E-state index contributed by atoms with van der Waals surface area (Å²) in [5.74, 6) is 0.667. The van der Waals surface area contributed by atoms with Gasteiger partial charge in [0.15, 0.2) is 0 Å². The number of hydrogen-bond acceptors (Lipinski definition) is 1. The van der Waals surface area contributed by atoms with E-state index in [0.29, 0.717) is 5.92 Å². The Bertz CT molecular complexity index is 260. The summed E-state index contributed by atoms with van der Waals surface area (Å²) < 4.78 is 0. The van der Waals surface area contributed by atoms with Crippen LogP contribution in [0.1, 0.15) is 33.1 Å². The zero-order valence-electron chi connectivity index (χ0n) is 9.39. The van der Waals surface area contributed by atoms with E-state index in [9.17, 15) is 0 Å². The van der Waals surface area contributed by atoms with E-state index in [4.69, 9.17) is 23.2 Å². The second kappa shape index (κ2) is 5.93. The van der Waals surface area contributed by atoms with Gasteiger partial charge >= 0.3 is 0 Å². The fourth-order valence-electron chi connectivity index (χ4n) is 1.66. The van der Waals surface area contributed by atoms with Gasteiger partial charge in [0, 0.05) is 11.5 Å². The molecule has 0 aromatic heterocycles. The predicted molar refractivity (Wildman–Crippen MR) is 68.4 cm³/mol. The fourth-order valence-corrected chi connectivity index (χ4v) is 2.02. The largest absolute Gasteiger partial charge is 0.295 e. The van der Waals surface area contributed by atoms with Gasteiger partial charge in [-0.1, -0.05) is 49.5 Å². The van der Waals surface area contributed by atoms with Crippen molar-refractivity contribution in [3.8, 4) is 0 Å². The lowest BCUT2D eigenvalue weighted by Crippen LogP contribution is -2.40. The molecule has 2 atom stereocenters.